The molecule has 2 heterocycles. The van der Waals surface area contributed by atoms with Gasteiger partial charge >= 0.3 is 0 Å². The summed E-state index contributed by atoms with van der Waals surface area (Å²) in [5.41, 5.74) is 0.843. The lowest BCUT2D eigenvalue weighted by Gasteiger charge is -2.26. The van der Waals surface area contributed by atoms with Crippen LogP contribution in [0.2, 0.25) is 0 Å². The molecular weight excluding hydrogens is 437 g/mol. The minimum Gasteiger partial charge on any atom is -0.379 e. The number of hydrogen-bond donors (Lipinski definition) is 1. The third-order valence-electron chi connectivity index (χ3n) is 5.54. The Morgan fingerprint density at radius 1 is 0.938 bits per heavy atom. The molecule has 0 aromatic heterocycles. The predicted molar refractivity (Wildman–Crippen MR) is 116 cm³/mol. The second kappa shape index (κ2) is 9.35. The molecule has 0 atom stereocenters. The summed E-state index contributed by atoms with van der Waals surface area (Å²) in [7, 11) is -4.10. The van der Waals surface area contributed by atoms with Crippen LogP contribution in [0.3, 0.4) is 0 Å². The van der Waals surface area contributed by atoms with E-state index < -0.39 is 26.6 Å². The molecule has 2 aromatic rings. The number of hydrogen-bond acceptors (Lipinski definition) is 5. The minimum absolute atomic E-state index is 0.00509. The Hall–Kier alpha value is -2.82. The van der Waals surface area contributed by atoms with Crippen molar-refractivity contribution in [2.45, 2.75) is 17.7 Å². The number of morpholine rings is 1. The van der Waals surface area contributed by atoms with Gasteiger partial charge in [0.2, 0.25) is 10.0 Å². The predicted octanol–water partition coefficient (Wildman–Crippen LogP) is 2.33. The van der Waals surface area contributed by atoms with Crippen molar-refractivity contribution in [3.05, 3.63) is 59.4 Å². The van der Waals surface area contributed by atoms with Gasteiger partial charge in [0.25, 0.3) is 11.8 Å². The van der Waals surface area contributed by atoms with Crippen LogP contribution in [0.5, 0.6) is 0 Å². The van der Waals surface area contributed by atoms with Crippen molar-refractivity contribution >= 4 is 27.5 Å². The van der Waals surface area contributed by atoms with Crippen molar-refractivity contribution in [3.8, 4) is 0 Å². The Balaban J connectivity index is 1.53. The van der Waals surface area contributed by atoms with Crippen LogP contribution < -0.4 is 5.32 Å². The van der Waals surface area contributed by atoms with Gasteiger partial charge in [0.1, 0.15) is 10.7 Å². The highest BCUT2D eigenvalue weighted by Gasteiger charge is 2.30. The molecule has 2 aliphatic rings. The number of likely N-dealkylation sites (tertiary alicyclic amines) is 1. The lowest BCUT2D eigenvalue weighted by atomic mass is 10.1. The van der Waals surface area contributed by atoms with Gasteiger partial charge in [-0.2, -0.15) is 4.31 Å². The Bertz CT molecular complexity index is 1130. The topological polar surface area (TPSA) is 96.0 Å². The molecule has 1 N–H and O–H groups in total. The number of sulfonamides is 1. The number of halogens is 1. The van der Waals surface area contributed by atoms with Gasteiger partial charge in [-0.3, -0.25) is 9.59 Å². The largest absolute Gasteiger partial charge is 0.379 e. The number of benzene rings is 2. The van der Waals surface area contributed by atoms with E-state index in [1.54, 1.807) is 29.2 Å². The van der Waals surface area contributed by atoms with E-state index >= 15 is 0 Å². The maximum atomic E-state index is 14.4. The monoisotopic (exact) mass is 461 g/mol. The first-order valence-electron chi connectivity index (χ1n) is 10.4. The zero-order valence-corrected chi connectivity index (χ0v) is 18.2. The zero-order valence-electron chi connectivity index (χ0n) is 17.4. The van der Waals surface area contributed by atoms with Gasteiger partial charge in [0, 0.05) is 43.0 Å². The first-order valence-corrected chi connectivity index (χ1v) is 11.9. The molecule has 0 unspecified atom stereocenters. The van der Waals surface area contributed by atoms with Crippen LogP contribution in [0, 0.1) is 5.82 Å². The molecular formula is C22H24FN3O5S. The first-order chi connectivity index (χ1) is 15.4. The van der Waals surface area contributed by atoms with Crippen LogP contribution in [0.15, 0.2) is 47.4 Å². The third kappa shape index (κ3) is 4.67. The molecule has 8 nitrogen and oxygen atoms in total. The van der Waals surface area contributed by atoms with Crippen molar-refractivity contribution in [2.75, 3.05) is 44.7 Å². The summed E-state index contributed by atoms with van der Waals surface area (Å²) in [6.07, 6.45) is 1.95. The average Bonchev–Trinajstić information content (AvgIpc) is 3.34. The van der Waals surface area contributed by atoms with Gasteiger partial charge in [-0.05, 0) is 49.2 Å². The molecule has 170 valence electrons. The van der Waals surface area contributed by atoms with Crippen molar-refractivity contribution in [2.24, 2.45) is 0 Å². The molecule has 0 bridgehead atoms. The number of nitrogens with one attached hydrogen (secondary N) is 1. The van der Waals surface area contributed by atoms with Crippen LogP contribution in [-0.4, -0.2) is 68.8 Å². The minimum atomic E-state index is -4.10. The van der Waals surface area contributed by atoms with Crippen LogP contribution in [-0.2, 0) is 14.8 Å². The summed E-state index contributed by atoms with van der Waals surface area (Å²) >= 11 is 0. The quantitative estimate of drug-likeness (QED) is 0.737. The van der Waals surface area contributed by atoms with E-state index in [1.165, 1.54) is 6.07 Å². The van der Waals surface area contributed by atoms with Gasteiger partial charge < -0.3 is 15.0 Å². The fourth-order valence-electron chi connectivity index (χ4n) is 3.80. The standard InChI is InChI=1S/C22H24FN3O5S/c23-19-7-6-16(15-20(19)32(29,30)26-10-12-31-13-11-26)21(27)24-18-5-3-4-17(14-18)22(28)25-8-1-2-9-25/h3-7,14-15H,1-2,8-13H2,(H,24,27). The Morgan fingerprint density at radius 2 is 1.66 bits per heavy atom. The van der Waals surface area contributed by atoms with E-state index in [-0.39, 0.29) is 37.8 Å². The summed E-state index contributed by atoms with van der Waals surface area (Å²) < 4.78 is 46.4. The zero-order chi connectivity index (χ0) is 22.7. The first kappa shape index (κ1) is 22.4. The van der Waals surface area contributed by atoms with Crippen molar-refractivity contribution in [1.29, 1.82) is 0 Å². The number of anilines is 1. The summed E-state index contributed by atoms with van der Waals surface area (Å²) in [4.78, 5) is 26.6. The Labute approximate surface area is 186 Å². The Morgan fingerprint density at radius 3 is 2.38 bits per heavy atom. The molecule has 2 amide bonds. The molecule has 0 spiro atoms. The number of carbonyl (C=O) groups excluding carboxylic acids is 2. The summed E-state index contributed by atoms with van der Waals surface area (Å²) in [6.45, 7) is 2.13. The summed E-state index contributed by atoms with van der Waals surface area (Å²) in [5, 5.41) is 2.66. The fourth-order valence-corrected chi connectivity index (χ4v) is 5.30. The van der Waals surface area contributed by atoms with Crippen LogP contribution >= 0.6 is 0 Å². The van der Waals surface area contributed by atoms with E-state index in [2.05, 4.69) is 5.32 Å². The van der Waals surface area contributed by atoms with Gasteiger partial charge in [-0.1, -0.05) is 6.07 Å². The van der Waals surface area contributed by atoms with Crippen LogP contribution in [0.25, 0.3) is 0 Å². The van der Waals surface area contributed by atoms with Crippen LogP contribution in [0.4, 0.5) is 10.1 Å². The summed E-state index contributed by atoms with van der Waals surface area (Å²) in [5.74, 6) is -1.63. The lowest BCUT2D eigenvalue weighted by molar-refractivity contribution is 0.0729. The maximum Gasteiger partial charge on any atom is 0.255 e. The van der Waals surface area contributed by atoms with Crippen molar-refractivity contribution in [1.82, 2.24) is 9.21 Å². The molecule has 2 aliphatic heterocycles. The highest BCUT2D eigenvalue weighted by molar-refractivity contribution is 7.89. The molecule has 10 heteroatoms. The second-order valence-corrected chi connectivity index (χ2v) is 9.60. The Kier molecular flexibility index (Phi) is 6.54. The van der Waals surface area contributed by atoms with E-state index in [1.807, 2.05) is 0 Å². The highest BCUT2D eigenvalue weighted by Crippen LogP contribution is 2.23. The smallest absolute Gasteiger partial charge is 0.255 e. The molecule has 0 aliphatic carbocycles. The van der Waals surface area contributed by atoms with E-state index in [0.29, 0.717) is 24.3 Å². The molecule has 0 saturated carbocycles. The number of amides is 2. The average molecular weight is 462 g/mol. The second-order valence-electron chi connectivity index (χ2n) is 7.70. The highest BCUT2D eigenvalue weighted by atomic mass is 32.2. The molecule has 32 heavy (non-hydrogen) atoms. The summed E-state index contributed by atoms with van der Waals surface area (Å²) in [6, 6.07) is 9.78. The fraction of sp³-hybridized carbons (Fsp3) is 0.364. The number of carbonyl (C=O) groups is 2. The van der Waals surface area contributed by atoms with E-state index in [0.717, 1.165) is 29.3 Å². The van der Waals surface area contributed by atoms with E-state index in [4.69, 9.17) is 4.74 Å². The molecule has 0 radical (unpaired) electrons. The molecule has 4 rings (SSSR count). The van der Waals surface area contributed by atoms with Crippen molar-refractivity contribution < 1.29 is 27.1 Å². The van der Waals surface area contributed by atoms with Crippen molar-refractivity contribution in [3.63, 3.8) is 0 Å². The van der Waals surface area contributed by atoms with Gasteiger partial charge in [0.15, 0.2) is 0 Å². The maximum absolute atomic E-state index is 14.4. The van der Waals surface area contributed by atoms with E-state index in [9.17, 15) is 22.4 Å². The molecule has 2 fully saturated rings. The number of nitrogens with zero attached hydrogens (tertiary/aromatic N) is 2. The SMILES string of the molecule is O=C(Nc1cccc(C(=O)N2CCCC2)c1)c1ccc(F)c(S(=O)(=O)N2CCOCC2)c1. The van der Waals surface area contributed by atoms with Crippen LogP contribution in [0.1, 0.15) is 33.6 Å². The molecule has 2 saturated heterocycles. The normalized spacial score (nSPS) is 17.3. The number of ether oxygens (including phenoxy) is 1. The van der Waals surface area contributed by atoms with Gasteiger partial charge in [-0.15, -0.1) is 0 Å². The molecule has 2 aromatic carbocycles. The third-order valence-corrected chi connectivity index (χ3v) is 7.46. The number of rotatable bonds is 5. The lowest BCUT2D eigenvalue weighted by Crippen LogP contribution is -2.41. The van der Waals surface area contributed by atoms with Gasteiger partial charge in [-0.25, -0.2) is 12.8 Å². The van der Waals surface area contributed by atoms with Gasteiger partial charge in [0.05, 0.1) is 13.2 Å².